The Balaban J connectivity index is 2.58. The molecule has 0 fully saturated rings. The molecule has 0 aliphatic rings. The number of carbonyl (C=O) groups is 1. The molecule has 0 spiro atoms. The van der Waals surface area contributed by atoms with Gasteiger partial charge in [-0.2, -0.15) is 0 Å². The lowest BCUT2D eigenvalue weighted by Crippen LogP contribution is -2.41. The molecule has 100 valence electrons. The first-order valence-electron chi connectivity index (χ1n) is 6.28. The van der Waals surface area contributed by atoms with Crippen molar-refractivity contribution in [1.29, 1.82) is 0 Å². The lowest BCUT2D eigenvalue weighted by Gasteiger charge is -2.17. The van der Waals surface area contributed by atoms with Gasteiger partial charge in [-0.1, -0.05) is 25.5 Å². The molecule has 3 N–H and O–H groups in total. The molecule has 18 heavy (non-hydrogen) atoms. The Labute approximate surface area is 109 Å². The quantitative estimate of drug-likeness (QED) is 0.811. The predicted molar refractivity (Wildman–Crippen MR) is 72.4 cm³/mol. The zero-order chi connectivity index (χ0) is 13.5. The van der Waals surface area contributed by atoms with Gasteiger partial charge in [0.15, 0.2) is 0 Å². The van der Waals surface area contributed by atoms with E-state index >= 15 is 0 Å². The summed E-state index contributed by atoms with van der Waals surface area (Å²) in [4.78, 5) is 11.8. The molecule has 1 aromatic carbocycles. The van der Waals surface area contributed by atoms with E-state index in [9.17, 15) is 4.79 Å². The first kappa shape index (κ1) is 14.5. The van der Waals surface area contributed by atoms with Crippen molar-refractivity contribution in [3.63, 3.8) is 0 Å². The van der Waals surface area contributed by atoms with Crippen molar-refractivity contribution in [3.05, 3.63) is 29.8 Å². The molecular weight excluding hydrogens is 228 g/mol. The number of methoxy groups -OCH3 is 1. The van der Waals surface area contributed by atoms with E-state index in [4.69, 9.17) is 10.5 Å². The van der Waals surface area contributed by atoms with E-state index in [1.165, 1.54) is 0 Å². The van der Waals surface area contributed by atoms with Crippen LogP contribution in [0.1, 0.15) is 38.3 Å². The Morgan fingerprint density at radius 3 is 2.50 bits per heavy atom. The summed E-state index contributed by atoms with van der Waals surface area (Å²) in [7, 11) is 1.63. The van der Waals surface area contributed by atoms with E-state index in [0.29, 0.717) is 6.42 Å². The maximum Gasteiger partial charge on any atom is 0.237 e. The second-order valence-corrected chi connectivity index (χ2v) is 4.40. The molecule has 0 bridgehead atoms. The number of nitrogens with one attached hydrogen (secondary N) is 1. The predicted octanol–water partition coefficient (Wildman–Crippen LogP) is 2.00. The van der Waals surface area contributed by atoms with Crippen molar-refractivity contribution in [2.75, 3.05) is 7.11 Å². The third-order valence-electron chi connectivity index (χ3n) is 2.91. The number of carbonyl (C=O) groups excluding carboxylic acids is 1. The Bertz CT molecular complexity index is 376. The first-order valence-corrected chi connectivity index (χ1v) is 6.28. The zero-order valence-electron chi connectivity index (χ0n) is 11.3. The Hall–Kier alpha value is -1.55. The van der Waals surface area contributed by atoms with Gasteiger partial charge >= 0.3 is 0 Å². The van der Waals surface area contributed by atoms with Crippen molar-refractivity contribution in [2.45, 2.75) is 38.8 Å². The normalized spacial score (nSPS) is 13.8. The van der Waals surface area contributed by atoms with Gasteiger partial charge in [-0.05, 0) is 31.0 Å². The minimum absolute atomic E-state index is 0.0497. The molecule has 0 saturated heterocycles. The second-order valence-electron chi connectivity index (χ2n) is 4.40. The van der Waals surface area contributed by atoms with Crippen LogP contribution in [0.5, 0.6) is 5.75 Å². The van der Waals surface area contributed by atoms with Crippen LogP contribution < -0.4 is 15.8 Å². The Morgan fingerprint density at radius 2 is 2.00 bits per heavy atom. The van der Waals surface area contributed by atoms with Gasteiger partial charge in [-0.3, -0.25) is 4.79 Å². The molecule has 1 rings (SSSR count). The molecule has 0 saturated carbocycles. The number of benzene rings is 1. The molecule has 2 atom stereocenters. The highest BCUT2D eigenvalue weighted by molar-refractivity contribution is 5.81. The van der Waals surface area contributed by atoms with Crippen molar-refractivity contribution in [3.8, 4) is 5.75 Å². The van der Waals surface area contributed by atoms with Gasteiger partial charge in [0.2, 0.25) is 5.91 Å². The third-order valence-corrected chi connectivity index (χ3v) is 2.91. The molecule has 1 amide bonds. The lowest BCUT2D eigenvalue weighted by molar-refractivity contribution is -0.123. The number of nitrogens with two attached hydrogens (primary N) is 1. The van der Waals surface area contributed by atoms with Gasteiger partial charge in [0.25, 0.3) is 0 Å². The summed E-state index contributed by atoms with van der Waals surface area (Å²) in [5.74, 6) is 0.708. The summed E-state index contributed by atoms with van der Waals surface area (Å²) in [6.07, 6.45) is 1.62. The highest BCUT2D eigenvalue weighted by Gasteiger charge is 2.15. The first-order chi connectivity index (χ1) is 8.58. The molecule has 0 heterocycles. The molecule has 0 aliphatic heterocycles. The molecule has 4 nitrogen and oxygen atoms in total. The maximum atomic E-state index is 11.8. The number of amides is 1. The van der Waals surface area contributed by atoms with Crippen LogP contribution in [-0.2, 0) is 4.79 Å². The molecule has 0 aromatic heterocycles. The van der Waals surface area contributed by atoms with Crippen LogP contribution >= 0.6 is 0 Å². The van der Waals surface area contributed by atoms with Gasteiger partial charge in [-0.15, -0.1) is 0 Å². The van der Waals surface area contributed by atoms with Crippen LogP contribution in [0.2, 0.25) is 0 Å². The fraction of sp³-hybridized carbons (Fsp3) is 0.500. The van der Waals surface area contributed by atoms with Gasteiger partial charge in [0, 0.05) is 0 Å². The average molecular weight is 250 g/mol. The van der Waals surface area contributed by atoms with Crippen LogP contribution in [0, 0.1) is 0 Å². The lowest BCUT2D eigenvalue weighted by atomic mass is 10.1. The number of ether oxygens (including phenoxy) is 1. The van der Waals surface area contributed by atoms with E-state index in [-0.39, 0.29) is 11.9 Å². The Morgan fingerprint density at radius 1 is 1.39 bits per heavy atom. The maximum absolute atomic E-state index is 11.8. The Kier molecular flexibility index (Phi) is 5.65. The van der Waals surface area contributed by atoms with Crippen molar-refractivity contribution < 1.29 is 9.53 Å². The largest absolute Gasteiger partial charge is 0.497 e. The minimum atomic E-state index is -0.421. The summed E-state index contributed by atoms with van der Waals surface area (Å²) in [6.45, 7) is 3.96. The molecule has 1 aromatic rings. The monoisotopic (exact) mass is 250 g/mol. The summed E-state index contributed by atoms with van der Waals surface area (Å²) in [6, 6.07) is 7.17. The van der Waals surface area contributed by atoms with Crippen LogP contribution in [0.3, 0.4) is 0 Å². The summed E-state index contributed by atoms with van der Waals surface area (Å²) in [5.41, 5.74) is 6.80. The van der Waals surface area contributed by atoms with Gasteiger partial charge in [0.1, 0.15) is 5.75 Å². The van der Waals surface area contributed by atoms with E-state index in [1.54, 1.807) is 7.11 Å². The third kappa shape index (κ3) is 4.04. The SMILES string of the molecule is CCC[C@@H](N)C(=O)N[C@H](C)c1ccc(OC)cc1. The topological polar surface area (TPSA) is 64.4 Å². The minimum Gasteiger partial charge on any atom is -0.497 e. The molecule has 4 heteroatoms. The van der Waals surface area contributed by atoms with Crippen molar-refractivity contribution in [2.24, 2.45) is 5.73 Å². The van der Waals surface area contributed by atoms with E-state index in [0.717, 1.165) is 17.7 Å². The second kappa shape index (κ2) is 7.01. The molecular formula is C14H22N2O2. The van der Waals surface area contributed by atoms with Gasteiger partial charge in [-0.25, -0.2) is 0 Å². The summed E-state index contributed by atoms with van der Waals surface area (Å²) < 4.78 is 5.09. The van der Waals surface area contributed by atoms with Gasteiger partial charge < -0.3 is 15.8 Å². The van der Waals surface area contributed by atoms with E-state index in [1.807, 2.05) is 38.1 Å². The smallest absolute Gasteiger partial charge is 0.237 e. The number of rotatable bonds is 6. The molecule has 0 aliphatic carbocycles. The average Bonchev–Trinajstić information content (AvgIpc) is 2.39. The standard InChI is InChI=1S/C14H22N2O2/c1-4-5-13(15)14(17)16-10(2)11-6-8-12(18-3)9-7-11/h6-10,13H,4-5,15H2,1-3H3,(H,16,17)/t10-,13-/m1/s1. The van der Waals surface area contributed by atoms with Crippen molar-refractivity contribution >= 4 is 5.91 Å². The highest BCUT2D eigenvalue weighted by Crippen LogP contribution is 2.17. The molecule has 0 unspecified atom stereocenters. The summed E-state index contributed by atoms with van der Waals surface area (Å²) >= 11 is 0. The van der Waals surface area contributed by atoms with Crippen LogP contribution in [0.15, 0.2) is 24.3 Å². The van der Waals surface area contributed by atoms with Crippen LogP contribution in [-0.4, -0.2) is 19.1 Å². The number of hydrogen-bond donors (Lipinski definition) is 2. The zero-order valence-corrected chi connectivity index (χ0v) is 11.3. The fourth-order valence-corrected chi connectivity index (χ4v) is 1.74. The highest BCUT2D eigenvalue weighted by atomic mass is 16.5. The summed E-state index contributed by atoms with van der Waals surface area (Å²) in [5, 5.41) is 2.91. The van der Waals surface area contributed by atoms with Crippen molar-refractivity contribution in [1.82, 2.24) is 5.32 Å². The van der Waals surface area contributed by atoms with Crippen LogP contribution in [0.25, 0.3) is 0 Å². The van der Waals surface area contributed by atoms with Gasteiger partial charge in [0.05, 0.1) is 19.2 Å². The molecule has 0 radical (unpaired) electrons. The fourth-order valence-electron chi connectivity index (χ4n) is 1.74. The van der Waals surface area contributed by atoms with E-state index in [2.05, 4.69) is 5.32 Å². The van der Waals surface area contributed by atoms with E-state index < -0.39 is 6.04 Å². The van der Waals surface area contributed by atoms with Crippen LogP contribution in [0.4, 0.5) is 0 Å². The number of hydrogen-bond acceptors (Lipinski definition) is 3.